The number of esters is 1. The van der Waals surface area contributed by atoms with Crippen molar-refractivity contribution in [1.29, 1.82) is 0 Å². The van der Waals surface area contributed by atoms with Crippen LogP contribution in [0.5, 0.6) is 0 Å². The molecule has 1 aromatic carbocycles. The number of ether oxygens (including phenoxy) is 1. The van der Waals surface area contributed by atoms with Crippen LogP contribution in [0.15, 0.2) is 35.5 Å². The molecule has 2 aliphatic rings. The number of halogens is 3. The quantitative estimate of drug-likeness (QED) is 0.350. The number of thioether (sulfide) groups is 1. The van der Waals surface area contributed by atoms with Gasteiger partial charge in [-0.05, 0) is 12.1 Å². The number of hydrogen-bond donors (Lipinski definition) is 4. The zero-order chi connectivity index (χ0) is 25.2. The highest BCUT2D eigenvalue weighted by molar-refractivity contribution is 8.00. The highest BCUT2D eigenvalue weighted by atomic mass is 32.2. The molecule has 4 N–H and O–H groups in total. The van der Waals surface area contributed by atoms with Crippen LogP contribution in [0.4, 0.5) is 19.1 Å². The number of anilines is 1. The van der Waals surface area contributed by atoms with E-state index in [2.05, 4.69) is 15.3 Å². The molecule has 2 aliphatic heterocycles. The maximum atomic E-state index is 12.6. The number of imidazole rings is 1. The Balaban J connectivity index is 0.000000406. The minimum absolute atomic E-state index is 0.104. The molecular weight excluding hydrogens is 485 g/mol. The van der Waals surface area contributed by atoms with Gasteiger partial charge >= 0.3 is 24.1 Å². The Morgan fingerprint density at radius 2 is 1.94 bits per heavy atom. The van der Waals surface area contributed by atoms with Crippen molar-refractivity contribution in [1.82, 2.24) is 14.9 Å². The topological polar surface area (TPSA) is 162 Å². The number of rotatable bonds is 5. The fourth-order valence-corrected chi connectivity index (χ4v) is 4.48. The first kappa shape index (κ1) is 24.9. The Labute approximate surface area is 193 Å². The van der Waals surface area contributed by atoms with E-state index in [0.717, 1.165) is 11.0 Å². The van der Waals surface area contributed by atoms with E-state index in [4.69, 9.17) is 14.6 Å². The summed E-state index contributed by atoms with van der Waals surface area (Å²) >= 11 is 1.42. The summed E-state index contributed by atoms with van der Waals surface area (Å²) < 4.78 is 36.7. The standard InChI is InChI=1S/C17H16N4O5S.C2HF3O2/c1-8(22)26-6-9-7-27-15-12(14(23)21(15)13(9)16(24)25)20-17-18-10-4-2-3-5-11(10)19-17;3-2(4,5)1(6)7/h2-5,12,15H,6-7H2,1H3,(H,24,25)(H2,18,19,20);(H,6,7)/t12?,15-;/m0./s1. The molecule has 1 saturated heterocycles. The molecule has 0 radical (unpaired) electrons. The van der Waals surface area contributed by atoms with Gasteiger partial charge in [-0.15, -0.1) is 11.8 Å². The van der Waals surface area contributed by atoms with Gasteiger partial charge in [0.05, 0.1) is 11.0 Å². The minimum atomic E-state index is -5.08. The zero-order valence-electron chi connectivity index (χ0n) is 17.3. The number of nitrogens with one attached hydrogen (secondary N) is 2. The summed E-state index contributed by atoms with van der Waals surface area (Å²) in [6.45, 7) is 1.12. The number of carbonyl (C=O) groups excluding carboxylic acids is 2. The molecule has 1 unspecified atom stereocenters. The van der Waals surface area contributed by atoms with Crippen LogP contribution < -0.4 is 5.32 Å². The molecular formula is C19H17F3N4O7S. The number of aliphatic carboxylic acids is 2. The van der Waals surface area contributed by atoms with E-state index in [1.165, 1.54) is 23.6 Å². The van der Waals surface area contributed by atoms with Crippen LogP contribution in [-0.4, -0.2) is 78.8 Å². The monoisotopic (exact) mass is 502 g/mol. The van der Waals surface area contributed by atoms with Gasteiger partial charge in [-0.3, -0.25) is 14.5 Å². The Kier molecular flexibility index (Phi) is 7.04. The van der Waals surface area contributed by atoms with E-state index in [1.807, 2.05) is 24.3 Å². The third kappa shape index (κ3) is 5.24. The molecule has 0 bridgehead atoms. The lowest BCUT2D eigenvalue weighted by Gasteiger charge is -2.49. The largest absolute Gasteiger partial charge is 0.490 e. The Bertz CT molecular complexity index is 1150. The average Bonchev–Trinajstić information content (AvgIpc) is 3.17. The van der Waals surface area contributed by atoms with E-state index >= 15 is 0 Å². The molecule has 2 atom stereocenters. The summed E-state index contributed by atoms with van der Waals surface area (Å²) in [4.78, 5) is 53.0. The maximum absolute atomic E-state index is 12.6. The molecule has 0 saturated carbocycles. The Morgan fingerprint density at radius 1 is 1.29 bits per heavy atom. The molecule has 182 valence electrons. The molecule has 11 nitrogen and oxygen atoms in total. The molecule has 1 aromatic heterocycles. The number of para-hydroxylation sites is 2. The van der Waals surface area contributed by atoms with Gasteiger partial charge in [-0.2, -0.15) is 13.2 Å². The van der Waals surface area contributed by atoms with Gasteiger partial charge in [0.25, 0.3) is 5.91 Å². The third-order valence-electron chi connectivity index (χ3n) is 4.62. The van der Waals surface area contributed by atoms with Crippen molar-refractivity contribution >= 4 is 52.6 Å². The van der Waals surface area contributed by atoms with Crippen LogP contribution in [0.3, 0.4) is 0 Å². The van der Waals surface area contributed by atoms with Crippen molar-refractivity contribution in [2.45, 2.75) is 24.5 Å². The third-order valence-corrected chi connectivity index (χ3v) is 5.96. The second-order valence-electron chi connectivity index (χ2n) is 6.97. The number of alkyl halides is 3. The summed E-state index contributed by atoms with van der Waals surface area (Å²) in [6.07, 6.45) is -5.08. The lowest BCUT2D eigenvalue weighted by Crippen LogP contribution is -2.67. The number of β-lactam (4-membered cyclic amide) rings is 1. The van der Waals surface area contributed by atoms with E-state index in [9.17, 15) is 32.7 Å². The van der Waals surface area contributed by atoms with Gasteiger partial charge in [0.2, 0.25) is 5.95 Å². The maximum Gasteiger partial charge on any atom is 0.490 e. The number of aromatic nitrogens is 2. The van der Waals surface area contributed by atoms with Crippen LogP contribution in [0.25, 0.3) is 11.0 Å². The van der Waals surface area contributed by atoms with E-state index in [1.54, 1.807) is 0 Å². The van der Waals surface area contributed by atoms with E-state index < -0.39 is 30.1 Å². The second-order valence-corrected chi connectivity index (χ2v) is 8.08. The highest BCUT2D eigenvalue weighted by Crippen LogP contribution is 2.41. The molecule has 2 aromatic rings. The Hall–Kier alpha value is -3.75. The van der Waals surface area contributed by atoms with Crippen molar-refractivity contribution in [3.8, 4) is 0 Å². The first-order chi connectivity index (χ1) is 15.9. The van der Waals surface area contributed by atoms with Gasteiger partial charge in [0.1, 0.15) is 23.7 Å². The number of carboxylic acid groups (broad SMARTS) is 2. The summed E-state index contributed by atoms with van der Waals surface area (Å²) in [5.41, 5.74) is 1.92. The number of hydrogen-bond acceptors (Lipinski definition) is 8. The van der Waals surface area contributed by atoms with Gasteiger partial charge in [0.15, 0.2) is 0 Å². The molecule has 1 fully saturated rings. The second kappa shape index (κ2) is 9.62. The van der Waals surface area contributed by atoms with Crippen molar-refractivity contribution in [3.05, 3.63) is 35.5 Å². The van der Waals surface area contributed by atoms with Crippen LogP contribution >= 0.6 is 11.8 Å². The van der Waals surface area contributed by atoms with Crippen LogP contribution in [0.1, 0.15) is 6.92 Å². The summed E-state index contributed by atoms with van der Waals surface area (Å²) in [5.74, 6) is -4.00. The number of aromatic amines is 1. The van der Waals surface area contributed by atoms with Crippen LogP contribution in [0.2, 0.25) is 0 Å². The molecule has 0 spiro atoms. The lowest BCUT2D eigenvalue weighted by molar-refractivity contribution is -0.192. The molecule has 3 heterocycles. The Morgan fingerprint density at radius 3 is 2.50 bits per heavy atom. The lowest BCUT2D eigenvalue weighted by atomic mass is 10.0. The van der Waals surface area contributed by atoms with Crippen molar-refractivity contribution in [2.24, 2.45) is 0 Å². The van der Waals surface area contributed by atoms with E-state index in [0.29, 0.717) is 17.3 Å². The normalized spacial score (nSPS) is 19.5. The molecule has 4 rings (SSSR count). The highest BCUT2D eigenvalue weighted by Gasteiger charge is 2.54. The van der Waals surface area contributed by atoms with Crippen molar-refractivity contribution in [3.63, 3.8) is 0 Å². The number of amides is 1. The number of fused-ring (bicyclic) bond motifs is 2. The SMILES string of the molecule is CC(=O)OCC1=C(C(=O)O)N2C(=O)C(Nc3nc4ccccc4[nH]3)[C@@H]2SC1.O=C(O)C(F)(F)F. The first-order valence-corrected chi connectivity index (χ1v) is 10.5. The van der Waals surface area contributed by atoms with Crippen molar-refractivity contribution < 1.29 is 47.3 Å². The first-order valence-electron chi connectivity index (χ1n) is 9.45. The molecule has 34 heavy (non-hydrogen) atoms. The number of H-pyrrole nitrogens is 1. The number of carboxylic acids is 2. The summed E-state index contributed by atoms with van der Waals surface area (Å²) in [6, 6.07) is 6.90. The summed E-state index contributed by atoms with van der Waals surface area (Å²) in [5, 5.41) is 19.4. The average molecular weight is 502 g/mol. The number of benzene rings is 1. The van der Waals surface area contributed by atoms with Gasteiger partial charge < -0.3 is 25.3 Å². The number of nitrogens with zero attached hydrogens (tertiary/aromatic N) is 2. The predicted molar refractivity (Wildman–Crippen MR) is 112 cm³/mol. The summed E-state index contributed by atoms with van der Waals surface area (Å²) in [7, 11) is 0. The van der Waals surface area contributed by atoms with Crippen molar-refractivity contribution in [2.75, 3.05) is 17.7 Å². The molecule has 0 aliphatic carbocycles. The van der Waals surface area contributed by atoms with E-state index in [-0.39, 0.29) is 23.6 Å². The molecule has 15 heteroatoms. The molecule has 1 amide bonds. The smallest absolute Gasteiger partial charge is 0.477 e. The zero-order valence-corrected chi connectivity index (χ0v) is 18.1. The minimum Gasteiger partial charge on any atom is -0.477 e. The van der Waals surface area contributed by atoms with Crippen LogP contribution in [0, 0.1) is 0 Å². The number of carbonyl (C=O) groups is 4. The fraction of sp³-hybridized carbons (Fsp3) is 0.316. The van der Waals surface area contributed by atoms with Gasteiger partial charge in [0, 0.05) is 18.2 Å². The predicted octanol–water partition coefficient (Wildman–Crippen LogP) is 1.79. The van der Waals surface area contributed by atoms with Gasteiger partial charge in [-0.1, -0.05) is 12.1 Å². The van der Waals surface area contributed by atoms with Crippen LogP contribution in [-0.2, 0) is 23.9 Å². The fourth-order valence-electron chi connectivity index (χ4n) is 3.15. The van der Waals surface area contributed by atoms with Gasteiger partial charge in [-0.25, -0.2) is 14.6 Å².